The van der Waals surface area contributed by atoms with Gasteiger partial charge in [0.1, 0.15) is 4.21 Å². The van der Waals surface area contributed by atoms with Gasteiger partial charge >= 0.3 is 0 Å². The fourth-order valence-electron chi connectivity index (χ4n) is 3.67. The molecule has 1 fully saturated rings. The summed E-state index contributed by atoms with van der Waals surface area (Å²) in [5.41, 5.74) is 1.65. The summed E-state index contributed by atoms with van der Waals surface area (Å²) in [5, 5.41) is 7.76. The second-order valence-electron chi connectivity index (χ2n) is 7.11. The smallest absolute Gasteiger partial charge is 0.210 e. The number of aromatic nitrogens is 1. The summed E-state index contributed by atoms with van der Waals surface area (Å²) < 4.78 is 26.8. The van der Waals surface area contributed by atoms with E-state index in [1.807, 2.05) is 31.2 Å². The van der Waals surface area contributed by atoms with E-state index in [1.54, 1.807) is 17.5 Å². The van der Waals surface area contributed by atoms with Crippen molar-refractivity contribution in [1.82, 2.24) is 10.3 Å². The van der Waals surface area contributed by atoms with Crippen LogP contribution in [-0.4, -0.2) is 37.1 Å². The van der Waals surface area contributed by atoms with E-state index in [2.05, 4.69) is 15.6 Å². The van der Waals surface area contributed by atoms with Crippen LogP contribution in [0.1, 0.15) is 40.6 Å². The summed E-state index contributed by atoms with van der Waals surface area (Å²) in [5.74, 6) is -0.0883. The van der Waals surface area contributed by atoms with Gasteiger partial charge in [-0.25, -0.2) is 13.4 Å². The maximum absolute atomic E-state index is 13.2. The highest BCUT2D eigenvalue weighted by Crippen LogP contribution is 2.30. The van der Waals surface area contributed by atoms with Crippen molar-refractivity contribution in [1.29, 1.82) is 0 Å². The number of sulfone groups is 1. The molecule has 1 saturated heterocycles. The molecule has 30 heavy (non-hydrogen) atoms. The third-order valence-corrected chi connectivity index (χ3v) is 9.60. The number of nitrogens with one attached hydrogen (secondary N) is 2. The van der Waals surface area contributed by atoms with Crippen molar-refractivity contribution in [2.24, 2.45) is 0 Å². The molecule has 0 saturated carbocycles. The molecule has 9 heteroatoms. The third-order valence-electron chi connectivity index (χ3n) is 5.21. The first-order valence-electron chi connectivity index (χ1n) is 9.86. The van der Waals surface area contributed by atoms with Crippen molar-refractivity contribution in [3.8, 4) is 0 Å². The Labute approximate surface area is 184 Å². The average Bonchev–Trinajstić information content (AvgIpc) is 3.53. The molecule has 2 N–H and O–H groups in total. The van der Waals surface area contributed by atoms with Gasteiger partial charge in [-0.2, -0.15) is 0 Å². The number of hydrogen-bond acceptors (Lipinski definition) is 8. The highest BCUT2D eigenvalue weighted by atomic mass is 32.2. The Bertz CT molecular complexity index is 1120. The first-order valence-corrected chi connectivity index (χ1v) is 13.1. The highest BCUT2D eigenvalue weighted by molar-refractivity contribution is 7.94. The fraction of sp³-hybridized carbons (Fsp3) is 0.333. The molecule has 2 atom stereocenters. The van der Waals surface area contributed by atoms with Crippen LogP contribution in [-0.2, 0) is 16.3 Å². The predicted octanol–water partition coefficient (Wildman–Crippen LogP) is 3.96. The lowest BCUT2D eigenvalue weighted by Gasteiger charge is -2.24. The van der Waals surface area contributed by atoms with E-state index in [0.29, 0.717) is 19.8 Å². The van der Waals surface area contributed by atoms with Gasteiger partial charge in [0.05, 0.1) is 11.1 Å². The number of nitrogens with zero attached hydrogens (tertiary/aromatic N) is 1. The summed E-state index contributed by atoms with van der Waals surface area (Å²) in [7, 11) is -3.59. The van der Waals surface area contributed by atoms with Crippen LogP contribution in [0.5, 0.6) is 0 Å². The first kappa shape index (κ1) is 21.2. The molecule has 158 valence electrons. The largest absolute Gasteiger partial charge is 0.343 e. The number of hydrogen-bond donors (Lipinski definition) is 2. The molecule has 1 aromatic carbocycles. The Morgan fingerprint density at radius 3 is 2.83 bits per heavy atom. The van der Waals surface area contributed by atoms with E-state index in [-0.39, 0.29) is 11.8 Å². The Kier molecular flexibility index (Phi) is 6.33. The average molecular weight is 462 g/mol. The summed E-state index contributed by atoms with van der Waals surface area (Å²) in [4.78, 5) is 17.8. The number of thiophene rings is 1. The van der Waals surface area contributed by atoms with Crippen molar-refractivity contribution in [3.63, 3.8) is 0 Å². The van der Waals surface area contributed by atoms with Gasteiger partial charge in [0.2, 0.25) is 15.6 Å². The summed E-state index contributed by atoms with van der Waals surface area (Å²) in [6.45, 7) is 2.80. The molecule has 2 unspecified atom stereocenters. The number of ketones is 1. The zero-order valence-electron chi connectivity index (χ0n) is 16.5. The van der Waals surface area contributed by atoms with Crippen LogP contribution in [0.2, 0.25) is 0 Å². The van der Waals surface area contributed by atoms with Gasteiger partial charge in [-0.1, -0.05) is 48.6 Å². The van der Waals surface area contributed by atoms with Crippen molar-refractivity contribution in [2.45, 2.75) is 41.8 Å². The molecule has 1 aliphatic heterocycles. The van der Waals surface area contributed by atoms with Crippen LogP contribution in [0.15, 0.2) is 52.2 Å². The Morgan fingerprint density at radius 2 is 2.13 bits per heavy atom. The molecule has 3 heterocycles. The standard InChI is InChI=1S/C21H23N3O3S3/c1-2-14-7-3-4-8-15(14)19(25)17-13-23-21(29-17)24-20(16-9-5-11-22-16)30(26,27)18-10-6-12-28-18/h3-4,6-8,10,12-13,16,20,22H,2,5,9,11H2,1H3,(H,23,24). The van der Waals surface area contributed by atoms with Gasteiger partial charge in [0.25, 0.3) is 0 Å². The minimum atomic E-state index is -3.59. The fourth-order valence-corrected chi connectivity index (χ4v) is 7.46. The number of carbonyl (C=O) groups excluding carboxylic acids is 1. The number of benzene rings is 1. The van der Waals surface area contributed by atoms with E-state index in [0.717, 1.165) is 31.4 Å². The van der Waals surface area contributed by atoms with Crippen molar-refractivity contribution in [2.75, 3.05) is 11.9 Å². The Balaban J connectivity index is 1.61. The minimum Gasteiger partial charge on any atom is -0.343 e. The van der Waals surface area contributed by atoms with E-state index in [1.165, 1.54) is 28.9 Å². The topological polar surface area (TPSA) is 88.2 Å². The van der Waals surface area contributed by atoms with Crippen LogP contribution in [0.4, 0.5) is 5.13 Å². The van der Waals surface area contributed by atoms with Gasteiger partial charge in [-0.05, 0) is 42.8 Å². The number of thiazole rings is 1. The zero-order chi connectivity index (χ0) is 21.1. The number of rotatable bonds is 8. The molecular formula is C21H23N3O3S3. The molecular weight excluding hydrogens is 438 g/mol. The summed E-state index contributed by atoms with van der Waals surface area (Å²) >= 11 is 2.41. The summed E-state index contributed by atoms with van der Waals surface area (Å²) in [6.07, 6.45) is 3.99. The van der Waals surface area contributed by atoms with Crippen LogP contribution < -0.4 is 10.6 Å². The SMILES string of the molecule is CCc1ccccc1C(=O)c1cnc(NC(C2CCCN2)S(=O)(=O)c2cccs2)s1. The molecule has 0 spiro atoms. The molecule has 0 aliphatic carbocycles. The van der Waals surface area contributed by atoms with Crippen LogP contribution in [0.25, 0.3) is 0 Å². The van der Waals surface area contributed by atoms with E-state index in [4.69, 9.17) is 0 Å². The lowest BCUT2D eigenvalue weighted by atomic mass is 10.0. The Hall–Kier alpha value is -2.07. The monoisotopic (exact) mass is 461 g/mol. The zero-order valence-corrected chi connectivity index (χ0v) is 18.9. The van der Waals surface area contributed by atoms with Gasteiger partial charge < -0.3 is 10.6 Å². The number of aryl methyl sites for hydroxylation is 1. The lowest BCUT2D eigenvalue weighted by Crippen LogP contribution is -2.45. The lowest BCUT2D eigenvalue weighted by molar-refractivity contribution is 0.104. The molecule has 0 bridgehead atoms. The Morgan fingerprint density at radius 1 is 1.30 bits per heavy atom. The molecule has 4 rings (SSSR count). The van der Waals surface area contributed by atoms with E-state index < -0.39 is 15.2 Å². The quantitative estimate of drug-likeness (QED) is 0.494. The van der Waals surface area contributed by atoms with Crippen molar-refractivity contribution < 1.29 is 13.2 Å². The molecule has 6 nitrogen and oxygen atoms in total. The van der Waals surface area contributed by atoms with E-state index in [9.17, 15) is 13.2 Å². The second kappa shape index (κ2) is 8.97. The van der Waals surface area contributed by atoms with Crippen molar-refractivity contribution in [3.05, 3.63) is 64.0 Å². The molecule has 0 radical (unpaired) electrons. The van der Waals surface area contributed by atoms with Gasteiger partial charge in [-0.15, -0.1) is 11.3 Å². The third kappa shape index (κ3) is 4.20. The maximum Gasteiger partial charge on any atom is 0.210 e. The second-order valence-corrected chi connectivity index (χ2v) is 11.4. The summed E-state index contributed by atoms with van der Waals surface area (Å²) in [6, 6.07) is 10.7. The molecule has 2 aromatic heterocycles. The van der Waals surface area contributed by atoms with Crippen LogP contribution in [0.3, 0.4) is 0 Å². The first-order chi connectivity index (χ1) is 14.5. The highest BCUT2D eigenvalue weighted by Gasteiger charge is 2.37. The molecule has 1 aliphatic rings. The van der Waals surface area contributed by atoms with E-state index >= 15 is 0 Å². The normalized spacial score (nSPS) is 17.7. The molecule has 0 amide bonds. The van der Waals surface area contributed by atoms with Gasteiger partial charge in [-0.3, -0.25) is 4.79 Å². The maximum atomic E-state index is 13.2. The number of anilines is 1. The minimum absolute atomic E-state index is 0.0883. The number of carbonyl (C=O) groups is 1. The van der Waals surface area contributed by atoms with Crippen LogP contribution >= 0.6 is 22.7 Å². The van der Waals surface area contributed by atoms with Gasteiger partial charge in [0, 0.05) is 11.6 Å². The van der Waals surface area contributed by atoms with Gasteiger partial charge in [0.15, 0.2) is 10.5 Å². The predicted molar refractivity (Wildman–Crippen MR) is 121 cm³/mol. The molecule has 3 aromatic rings. The van der Waals surface area contributed by atoms with Crippen LogP contribution in [0, 0.1) is 0 Å². The van der Waals surface area contributed by atoms with Crippen molar-refractivity contribution >= 4 is 43.4 Å².